The lowest BCUT2D eigenvalue weighted by Gasteiger charge is -2.13. The van der Waals surface area contributed by atoms with Crippen LogP contribution in [0.2, 0.25) is 0 Å². The Morgan fingerprint density at radius 2 is 1.58 bits per heavy atom. The summed E-state index contributed by atoms with van der Waals surface area (Å²) in [4.78, 5) is 24.0. The summed E-state index contributed by atoms with van der Waals surface area (Å²) in [6.45, 7) is 0. The number of carboxylic acid groups (broad SMARTS) is 1. The fraction of sp³-hybridized carbons (Fsp3) is 0.154. The van der Waals surface area contributed by atoms with Crippen molar-refractivity contribution in [2.45, 2.75) is 25.0 Å². The summed E-state index contributed by atoms with van der Waals surface area (Å²) in [7, 11) is 0. The molecule has 0 amide bonds. The van der Waals surface area contributed by atoms with E-state index in [1.54, 1.807) is 12.1 Å². The average Bonchev–Trinajstić information content (AvgIpc) is 3.29. The Hall–Kier alpha value is -4.86. The number of carbonyl (C=O) groups excluding carboxylic acids is 1. The minimum absolute atomic E-state index is 0.113. The molecule has 0 aromatic heterocycles. The monoisotopic (exact) mass is 494 g/mol. The van der Waals surface area contributed by atoms with Gasteiger partial charge in [-0.1, -0.05) is 18.2 Å². The lowest BCUT2D eigenvalue weighted by molar-refractivity contribution is -0.160. The molecule has 10 heteroatoms. The van der Waals surface area contributed by atoms with Crippen LogP contribution in [0.25, 0.3) is 6.08 Å². The zero-order valence-electron chi connectivity index (χ0n) is 18.7. The number of ether oxygens (including phenoxy) is 2. The number of carboxylic acids is 1. The molecule has 0 spiro atoms. The molecule has 2 atom stereocenters. The van der Waals surface area contributed by atoms with Gasteiger partial charge in [-0.15, -0.1) is 0 Å². The number of benzene rings is 3. The van der Waals surface area contributed by atoms with E-state index in [0.29, 0.717) is 28.7 Å². The standard InChI is InChI=1S/C26H22O10/c27-17-5-1-13(9-20(17)30)10-23(26(33)34)35-24(32)8-4-14-2-7-19(29)25-16(14)12-22(36-25)15-3-6-18(28)21(31)11-15/h1-9,11,22-23,27-31H,10,12H2,(H,33,34)/b8-4+/t22-,23?/m1/s1. The lowest BCUT2D eigenvalue weighted by atomic mass is 9.98. The van der Waals surface area contributed by atoms with Crippen molar-refractivity contribution in [3.8, 4) is 34.5 Å². The van der Waals surface area contributed by atoms with Crippen molar-refractivity contribution in [2.75, 3.05) is 0 Å². The molecule has 36 heavy (non-hydrogen) atoms. The molecular weight excluding hydrogens is 472 g/mol. The first-order chi connectivity index (χ1) is 17.1. The van der Waals surface area contributed by atoms with E-state index in [4.69, 9.17) is 9.47 Å². The van der Waals surface area contributed by atoms with Crippen molar-refractivity contribution in [1.29, 1.82) is 0 Å². The summed E-state index contributed by atoms with van der Waals surface area (Å²) in [6.07, 6.45) is 0.433. The smallest absolute Gasteiger partial charge is 0.345 e. The molecule has 0 fully saturated rings. The first-order valence-corrected chi connectivity index (χ1v) is 10.8. The van der Waals surface area contributed by atoms with Gasteiger partial charge < -0.3 is 40.1 Å². The van der Waals surface area contributed by atoms with Crippen molar-refractivity contribution in [3.05, 3.63) is 76.9 Å². The van der Waals surface area contributed by atoms with E-state index in [9.17, 15) is 40.2 Å². The lowest BCUT2D eigenvalue weighted by Crippen LogP contribution is -2.28. The second-order valence-corrected chi connectivity index (χ2v) is 8.16. The van der Waals surface area contributed by atoms with Crippen molar-refractivity contribution in [1.82, 2.24) is 0 Å². The molecule has 1 aliphatic heterocycles. The fourth-order valence-corrected chi connectivity index (χ4v) is 3.85. The number of carbonyl (C=O) groups is 2. The molecule has 0 radical (unpaired) electrons. The van der Waals surface area contributed by atoms with Crippen LogP contribution in [0.3, 0.4) is 0 Å². The van der Waals surface area contributed by atoms with Gasteiger partial charge in [-0.05, 0) is 53.1 Å². The molecule has 1 aliphatic rings. The molecule has 10 nitrogen and oxygen atoms in total. The quantitative estimate of drug-likeness (QED) is 0.163. The first kappa shape index (κ1) is 24.3. The second kappa shape index (κ2) is 9.79. The third-order valence-electron chi connectivity index (χ3n) is 5.69. The number of fused-ring (bicyclic) bond motifs is 1. The molecule has 1 unspecified atom stereocenters. The molecular formula is C26H22O10. The highest BCUT2D eigenvalue weighted by molar-refractivity contribution is 5.89. The molecule has 6 N–H and O–H groups in total. The van der Waals surface area contributed by atoms with Gasteiger partial charge in [0.2, 0.25) is 6.10 Å². The van der Waals surface area contributed by atoms with Gasteiger partial charge in [-0.2, -0.15) is 0 Å². The Bertz CT molecular complexity index is 1360. The second-order valence-electron chi connectivity index (χ2n) is 8.16. The van der Waals surface area contributed by atoms with Crippen LogP contribution in [0, 0.1) is 0 Å². The van der Waals surface area contributed by atoms with Gasteiger partial charge in [0.25, 0.3) is 0 Å². The first-order valence-electron chi connectivity index (χ1n) is 10.8. The predicted molar refractivity (Wildman–Crippen MR) is 125 cm³/mol. The molecule has 4 rings (SSSR count). The van der Waals surface area contributed by atoms with E-state index in [1.807, 2.05) is 0 Å². The maximum Gasteiger partial charge on any atom is 0.345 e. The maximum atomic E-state index is 12.4. The van der Waals surface area contributed by atoms with Crippen LogP contribution in [-0.2, 0) is 27.2 Å². The van der Waals surface area contributed by atoms with E-state index in [-0.39, 0.29) is 35.2 Å². The molecule has 186 valence electrons. The average molecular weight is 494 g/mol. The molecule has 3 aromatic rings. The van der Waals surface area contributed by atoms with Crippen LogP contribution in [0.4, 0.5) is 0 Å². The van der Waals surface area contributed by atoms with Crippen LogP contribution in [0.5, 0.6) is 34.5 Å². The van der Waals surface area contributed by atoms with E-state index < -0.39 is 29.9 Å². The summed E-state index contributed by atoms with van der Waals surface area (Å²) < 4.78 is 10.9. The van der Waals surface area contributed by atoms with Crippen LogP contribution in [0.15, 0.2) is 54.6 Å². The highest BCUT2D eigenvalue weighted by Crippen LogP contribution is 2.45. The zero-order valence-corrected chi connectivity index (χ0v) is 18.7. The van der Waals surface area contributed by atoms with E-state index in [2.05, 4.69) is 0 Å². The Morgan fingerprint density at radius 3 is 2.25 bits per heavy atom. The molecule has 0 bridgehead atoms. The van der Waals surface area contributed by atoms with E-state index in [0.717, 1.165) is 6.08 Å². The Balaban J connectivity index is 1.48. The van der Waals surface area contributed by atoms with Crippen molar-refractivity contribution in [2.24, 2.45) is 0 Å². The summed E-state index contributed by atoms with van der Waals surface area (Å²) in [5.41, 5.74) is 2.03. The van der Waals surface area contributed by atoms with Crippen LogP contribution in [-0.4, -0.2) is 48.7 Å². The number of aliphatic carboxylic acids is 1. The topological polar surface area (TPSA) is 174 Å². The highest BCUT2D eigenvalue weighted by atomic mass is 16.6. The van der Waals surface area contributed by atoms with Gasteiger partial charge >= 0.3 is 11.9 Å². The number of esters is 1. The largest absolute Gasteiger partial charge is 0.504 e. The maximum absolute atomic E-state index is 12.4. The number of phenolic OH excluding ortho intramolecular Hbond substituents is 5. The van der Waals surface area contributed by atoms with Crippen LogP contribution in [0.1, 0.15) is 28.4 Å². The number of hydrogen-bond donors (Lipinski definition) is 6. The Morgan fingerprint density at radius 1 is 0.917 bits per heavy atom. The minimum Gasteiger partial charge on any atom is -0.504 e. The minimum atomic E-state index is -1.54. The SMILES string of the molecule is O=C(/C=C/c1ccc(O)c2c1C[C@H](c1ccc(O)c(O)c1)O2)OC(Cc1ccc(O)c(O)c1)C(=O)O. The predicted octanol–water partition coefficient (Wildman–Crippen LogP) is 3.14. The highest BCUT2D eigenvalue weighted by Gasteiger charge is 2.29. The van der Waals surface area contributed by atoms with Gasteiger partial charge in [-0.25, -0.2) is 9.59 Å². The van der Waals surface area contributed by atoms with Gasteiger partial charge in [-0.3, -0.25) is 0 Å². The third kappa shape index (κ3) is 5.12. The van der Waals surface area contributed by atoms with E-state index >= 15 is 0 Å². The van der Waals surface area contributed by atoms with E-state index in [1.165, 1.54) is 42.5 Å². The summed E-state index contributed by atoms with van der Waals surface area (Å²) >= 11 is 0. The van der Waals surface area contributed by atoms with Crippen LogP contribution < -0.4 is 4.74 Å². The summed E-state index contributed by atoms with van der Waals surface area (Å²) in [5, 5.41) is 57.9. The van der Waals surface area contributed by atoms with Gasteiger partial charge in [0.15, 0.2) is 34.5 Å². The third-order valence-corrected chi connectivity index (χ3v) is 5.69. The van der Waals surface area contributed by atoms with Crippen molar-refractivity contribution in [3.63, 3.8) is 0 Å². The summed E-state index contributed by atoms with van der Waals surface area (Å²) in [6, 6.07) is 11.0. The molecule has 0 saturated carbocycles. The van der Waals surface area contributed by atoms with Gasteiger partial charge in [0.1, 0.15) is 6.10 Å². The van der Waals surface area contributed by atoms with Gasteiger partial charge in [0.05, 0.1) is 0 Å². The molecule has 3 aromatic carbocycles. The zero-order chi connectivity index (χ0) is 26.0. The summed E-state index contributed by atoms with van der Waals surface area (Å²) in [5.74, 6) is -3.59. The molecule has 0 aliphatic carbocycles. The van der Waals surface area contributed by atoms with Gasteiger partial charge in [0, 0.05) is 24.5 Å². The normalized spacial score (nSPS) is 15.3. The number of aromatic hydroxyl groups is 5. The fourth-order valence-electron chi connectivity index (χ4n) is 3.85. The Labute approximate surface area is 204 Å². The van der Waals surface area contributed by atoms with Crippen LogP contribution >= 0.6 is 0 Å². The number of hydrogen-bond acceptors (Lipinski definition) is 9. The van der Waals surface area contributed by atoms with Crippen molar-refractivity contribution >= 4 is 18.0 Å². The molecule has 0 saturated heterocycles. The Kier molecular flexibility index (Phi) is 6.60. The molecule has 1 heterocycles. The number of rotatable bonds is 7. The number of phenols is 5. The van der Waals surface area contributed by atoms with Crippen molar-refractivity contribution < 1.29 is 49.7 Å².